The van der Waals surface area contributed by atoms with Crippen LogP contribution in [0.1, 0.15) is 32.8 Å². The van der Waals surface area contributed by atoms with Crippen molar-refractivity contribution in [1.82, 2.24) is 10.2 Å². The summed E-state index contributed by atoms with van der Waals surface area (Å²) in [5.41, 5.74) is 2.78. The fourth-order valence-electron chi connectivity index (χ4n) is 2.17. The molecule has 1 rings (SSSR count). The Morgan fingerprint density at radius 2 is 1.76 bits per heavy atom. The molecule has 0 fully saturated rings. The second kappa shape index (κ2) is 8.16. The van der Waals surface area contributed by atoms with Crippen molar-refractivity contribution in [2.24, 2.45) is 0 Å². The molecule has 120 valence electrons. The van der Waals surface area contributed by atoms with Crippen LogP contribution in [0.2, 0.25) is 0 Å². The van der Waals surface area contributed by atoms with Gasteiger partial charge in [0.05, 0.1) is 0 Å². The van der Waals surface area contributed by atoms with E-state index in [0.717, 1.165) is 24.1 Å². The predicted octanol–water partition coefficient (Wildman–Crippen LogP) is 3.73. The molecule has 0 saturated carbocycles. The highest BCUT2D eigenvalue weighted by Gasteiger charge is 2.12. The van der Waals surface area contributed by atoms with Crippen LogP contribution in [0.15, 0.2) is 22.7 Å². The van der Waals surface area contributed by atoms with E-state index in [2.05, 4.69) is 91.2 Å². The number of benzene rings is 1. The van der Waals surface area contributed by atoms with Gasteiger partial charge in [0.25, 0.3) is 0 Å². The van der Waals surface area contributed by atoms with Gasteiger partial charge in [0.1, 0.15) is 0 Å². The van der Waals surface area contributed by atoms with Gasteiger partial charge in [-0.15, -0.1) is 0 Å². The average molecular weight is 356 g/mol. The molecule has 1 aromatic carbocycles. The Balaban J connectivity index is 2.75. The molecule has 0 unspecified atom stereocenters. The van der Waals surface area contributed by atoms with Crippen LogP contribution < -0.4 is 10.2 Å². The molecule has 0 amide bonds. The van der Waals surface area contributed by atoms with Crippen molar-refractivity contribution >= 4 is 21.6 Å². The van der Waals surface area contributed by atoms with E-state index in [-0.39, 0.29) is 5.54 Å². The lowest BCUT2D eigenvalue weighted by atomic mass is 10.1. The number of hydrogen-bond donors (Lipinski definition) is 1. The Labute approximate surface area is 138 Å². The van der Waals surface area contributed by atoms with Crippen LogP contribution in [0, 0.1) is 0 Å². The lowest BCUT2D eigenvalue weighted by molar-refractivity contribution is 0.401. The summed E-state index contributed by atoms with van der Waals surface area (Å²) in [5.74, 6) is 0. The Morgan fingerprint density at radius 1 is 1.10 bits per heavy atom. The van der Waals surface area contributed by atoms with Crippen LogP contribution in [0.3, 0.4) is 0 Å². The minimum atomic E-state index is 0.128. The third-order valence-corrected chi connectivity index (χ3v) is 3.85. The number of rotatable bonds is 7. The van der Waals surface area contributed by atoms with Crippen molar-refractivity contribution < 1.29 is 0 Å². The molecule has 0 atom stereocenters. The van der Waals surface area contributed by atoms with Gasteiger partial charge >= 0.3 is 0 Å². The molecule has 21 heavy (non-hydrogen) atoms. The molecule has 1 aromatic rings. The molecule has 0 spiro atoms. The van der Waals surface area contributed by atoms with E-state index in [9.17, 15) is 0 Å². The van der Waals surface area contributed by atoms with Crippen LogP contribution in [0.25, 0.3) is 0 Å². The first-order valence-electron chi connectivity index (χ1n) is 7.58. The van der Waals surface area contributed by atoms with Gasteiger partial charge in [-0.2, -0.15) is 0 Å². The molecular weight excluding hydrogens is 326 g/mol. The summed E-state index contributed by atoms with van der Waals surface area (Å²) in [6.07, 6.45) is 1.17. The van der Waals surface area contributed by atoms with Crippen LogP contribution in [0.5, 0.6) is 0 Å². The Kier molecular flexibility index (Phi) is 7.17. The highest BCUT2D eigenvalue weighted by atomic mass is 79.9. The highest BCUT2D eigenvalue weighted by molar-refractivity contribution is 9.10. The van der Waals surface area contributed by atoms with Crippen LogP contribution in [-0.2, 0) is 6.54 Å². The van der Waals surface area contributed by atoms with E-state index >= 15 is 0 Å². The Bertz CT molecular complexity index is 438. The van der Waals surface area contributed by atoms with E-state index in [1.807, 2.05) is 0 Å². The molecule has 4 heteroatoms. The number of halogens is 1. The number of nitrogens with zero attached hydrogens (tertiary/aromatic N) is 2. The first-order chi connectivity index (χ1) is 9.69. The molecule has 0 bridgehead atoms. The zero-order valence-electron chi connectivity index (χ0n) is 14.3. The topological polar surface area (TPSA) is 18.5 Å². The SMILES string of the molecule is CN(C)CCCN(C)c1ccc(Br)cc1CNC(C)(C)C. The molecule has 0 aliphatic heterocycles. The van der Waals surface area contributed by atoms with Crippen LogP contribution >= 0.6 is 15.9 Å². The van der Waals surface area contributed by atoms with Crippen molar-refractivity contribution in [3.05, 3.63) is 28.2 Å². The fraction of sp³-hybridized carbons (Fsp3) is 0.647. The lowest BCUT2D eigenvalue weighted by Gasteiger charge is -2.26. The molecule has 0 saturated heterocycles. The van der Waals surface area contributed by atoms with Crippen LogP contribution in [0.4, 0.5) is 5.69 Å². The maximum absolute atomic E-state index is 3.58. The molecule has 0 heterocycles. The quantitative estimate of drug-likeness (QED) is 0.803. The average Bonchev–Trinajstić information content (AvgIpc) is 2.35. The van der Waals surface area contributed by atoms with Crippen molar-refractivity contribution in [1.29, 1.82) is 0 Å². The maximum atomic E-state index is 3.58. The summed E-state index contributed by atoms with van der Waals surface area (Å²) in [6, 6.07) is 6.55. The largest absolute Gasteiger partial charge is 0.374 e. The summed E-state index contributed by atoms with van der Waals surface area (Å²) in [6.45, 7) is 9.68. The third kappa shape index (κ3) is 7.30. The van der Waals surface area contributed by atoms with Crippen LogP contribution in [-0.4, -0.2) is 44.7 Å². The zero-order chi connectivity index (χ0) is 16.0. The molecule has 0 radical (unpaired) electrons. The van der Waals surface area contributed by atoms with Crippen molar-refractivity contribution in [2.45, 2.75) is 39.3 Å². The van der Waals surface area contributed by atoms with Gasteiger partial charge in [-0.25, -0.2) is 0 Å². The normalized spacial score (nSPS) is 12.0. The molecule has 1 N–H and O–H groups in total. The first kappa shape index (κ1) is 18.5. The molecule has 0 aliphatic carbocycles. The van der Waals surface area contributed by atoms with E-state index in [0.29, 0.717) is 0 Å². The summed E-state index contributed by atoms with van der Waals surface area (Å²) in [5, 5.41) is 3.58. The lowest BCUT2D eigenvalue weighted by Crippen LogP contribution is -2.35. The standard InChI is InChI=1S/C17H30BrN3/c1-17(2,3)19-13-14-12-15(18)8-9-16(14)21(6)11-7-10-20(4)5/h8-9,12,19H,7,10-11,13H2,1-6H3. The molecule has 3 nitrogen and oxygen atoms in total. The summed E-state index contributed by atoms with van der Waals surface area (Å²) < 4.78 is 1.14. The third-order valence-electron chi connectivity index (χ3n) is 3.36. The summed E-state index contributed by atoms with van der Waals surface area (Å²) >= 11 is 3.58. The maximum Gasteiger partial charge on any atom is 0.0410 e. The monoisotopic (exact) mass is 355 g/mol. The Hall–Kier alpha value is -0.580. The minimum Gasteiger partial charge on any atom is -0.374 e. The van der Waals surface area contributed by atoms with E-state index in [1.54, 1.807) is 0 Å². The molecule has 0 aromatic heterocycles. The molecular formula is C17H30BrN3. The van der Waals surface area contributed by atoms with Gasteiger partial charge in [-0.1, -0.05) is 15.9 Å². The van der Waals surface area contributed by atoms with Gasteiger partial charge in [0, 0.05) is 35.8 Å². The van der Waals surface area contributed by atoms with Gasteiger partial charge in [-0.05, 0) is 71.6 Å². The van der Waals surface area contributed by atoms with Gasteiger partial charge in [0.15, 0.2) is 0 Å². The Morgan fingerprint density at radius 3 is 2.33 bits per heavy atom. The fourth-order valence-corrected chi connectivity index (χ4v) is 2.58. The van der Waals surface area contributed by atoms with Gasteiger partial charge < -0.3 is 15.1 Å². The van der Waals surface area contributed by atoms with E-state index < -0.39 is 0 Å². The van der Waals surface area contributed by atoms with Gasteiger partial charge in [-0.3, -0.25) is 0 Å². The highest BCUT2D eigenvalue weighted by Crippen LogP contribution is 2.24. The minimum absolute atomic E-state index is 0.128. The number of hydrogen-bond acceptors (Lipinski definition) is 3. The first-order valence-corrected chi connectivity index (χ1v) is 8.37. The van der Waals surface area contributed by atoms with E-state index in [4.69, 9.17) is 0 Å². The second-order valence-electron chi connectivity index (χ2n) is 6.95. The predicted molar refractivity (Wildman–Crippen MR) is 97.2 cm³/mol. The number of nitrogens with one attached hydrogen (secondary N) is 1. The summed E-state index contributed by atoms with van der Waals surface area (Å²) in [7, 11) is 6.43. The zero-order valence-corrected chi connectivity index (χ0v) is 15.9. The van der Waals surface area contributed by atoms with Crippen molar-refractivity contribution in [3.8, 4) is 0 Å². The van der Waals surface area contributed by atoms with Crippen molar-refractivity contribution in [3.63, 3.8) is 0 Å². The smallest absolute Gasteiger partial charge is 0.0410 e. The van der Waals surface area contributed by atoms with Gasteiger partial charge in [0.2, 0.25) is 0 Å². The van der Waals surface area contributed by atoms with Crippen molar-refractivity contribution in [2.75, 3.05) is 39.1 Å². The number of anilines is 1. The molecule has 0 aliphatic rings. The summed E-state index contributed by atoms with van der Waals surface area (Å²) in [4.78, 5) is 4.59. The second-order valence-corrected chi connectivity index (χ2v) is 7.87. The van der Waals surface area contributed by atoms with E-state index in [1.165, 1.54) is 17.7 Å².